The van der Waals surface area contributed by atoms with Gasteiger partial charge in [0.2, 0.25) is 0 Å². The Labute approximate surface area is 159 Å². The van der Waals surface area contributed by atoms with E-state index in [0.717, 1.165) is 16.1 Å². The molecule has 108 valence electrons. The third-order valence-electron chi connectivity index (χ3n) is 4.79. The molecule has 1 heterocycles. The van der Waals surface area contributed by atoms with Gasteiger partial charge in [-0.15, -0.1) is 0 Å². The minimum absolute atomic E-state index is 0.237. The quantitative estimate of drug-likeness (QED) is 0.606. The Kier molecular flexibility index (Phi) is 5.29. The van der Waals surface area contributed by atoms with Crippen molar-refractivity contribution in [3.8, 4) is 0 Å². The van der Waals surface area contributed by atoms with E-state index in [9.17, 15) is 4.79 Å². The summed E-state index contributed by atoms with van der Waals surface area (Å²) < 4.78 is 4.08. The Morgan fingerprint density at radius 2 is 1.73 bits per heavy atom. The molecule has 0 atom stereocenters. The second kappa shape index (κ2) is 6.89. The first-order chi connectivity index (χ1) is 10.5. The fourth-order valence-electron chi connectivity index (χ4n) is 3.15. The molecule has 0 spiro atoms. The van der Waals surface area contributed by atoms with Crippen molar-refractivity contribution in [3.05, 3.63) is 51.7 Å². The van der Waals surface area contributed by atoms with Crippen LogP contribution in [0.3, 0.4) is 0 Å². The Morgan fingerprint density at radius 3 is 2.41 bits per heavy atom. The fourth-order valence-corrected chi connectivity index (χ4v) is 9.75. The molecule has 1 nitrogen and oxygen atoms in total. The van der Waals surface area contributed by atoms with Crippen molar-refractivity contribution in [2.75, 3.05) is 0 Å². The number of hydrogen-bond donors (Lipinski definition) is 0. The molecule has 4 radical (unpaired) electrons. The van der Waals surface area contributed by atoms with Crippen molar-refractivity contribution in [2.45, 2.75) is 33.6 Å². The summed E-state index contributed by atoms with van der Waals surface area (Å²) in [5.74, 6) is 1.07. The van der Waals surface area contributed by atoms with Gasteiger partial charge in [-0.1, -0.05) is 0 Å². The number of hydrogen-bond acceptors (Lipinski definition) is 1. The zero-order valence-electron chi connectivity index (χ0n) is 14.0. The third-order valence-corrected chi connectivity index (χ3v) is 12.6. The Bertz CT molecular complexity index is 863. The molecule has 1 aliphatic rings. The van der Waals surface area contributed by atoms with Gasteiger partial charge in [-0.05, 0) is 0 Å². The maximum atomic E-state index is 13.1. The van der Waals surface area contributed by atoms with E-state index in [1.165, 1.54) is 19.3 Å². The van der Waals surface area contributed by atoms with Crippen molar-refractivity contribution in [3.63, 3.8) is 0 Å². The standard InChI is InChI=1S/C19H20OP.K/c1-12(2)11-21-19-14(5)6-7-15-8-9-16(13(3)4)10-17(15)18(19)20;/h5-10,12-13H,1-4H3;. The van der Waals surface area contributed by atoms with Crippen LogP contribution < -0.4 is 10.7 Å². The summed E-state index contributed by atoms with van der Waals surface area (Å²) in [5.41, 5.74) is 2.69. The third kappa shape index (κ3) is 3.29. The van der Waals surface area contributed by atoms with E-state index in [2.05, 4.69) is 58.1 Å². The van der Waals surface area contributed by atoms with Gasteiger partial charge in [-0.25, -0.2) is 0 Å². The fraction of sp³-hybridized carbons (Fsp3) is 0.316. The summed E-state index contributed by atoms with van der Waals surface area (Å²) >= 11 is -1.07. The topological polar surface area (TPSA) is 17.1 Å². The molecule has 0 fully saturated rings. The number of rotatable bonds is 2. The number of benzene rings is 1. The van der Waals surface area contributed by atoms with Crippen molar-refractivity contribution in [1.82, 2.24) is 0 Å². The first-order valence-corrected chi connectivity index (χ1v) is 12.6. The molecule has 2 aromatic rings. The monoisotopic (exact) mass is 334 g/mol. The van der Waals surface area contributed by atoms with Crippen LogP contribution in [0.15, 0.2) is 35.1 Å². The van der Waals surface area contributed by atoms with E-state index in [0.29, 0.717) is 11.8 Å². The summed E-state index contributed by atoms with van der Waals surface area (Å²) in [6.45, 7) is 8.89. The molecule has 22 heavy (non-hydrogen) atoms. The van der Waals surface area contributed by atoms with Gasteiger partial charge in [-0.3, -0.25) is 0 Å². The normalized spacial score (nSPS) is 14.4. The van der Waals surface area contributed by atoms with Crippen LogP contribution in [0.25, 0.3) is 10.8 Å². The predicted molar refractivity (Wildman–Crippen MR) is 102 cm³/mol. The predicted octanol–water partition coefficient (Wildman–Crippen LogP) is 3.55. The molecule has 0 N–H and O–H groups in total. The molecular formula is C19H20KOP. The molecule has 0 amide bonds. The molecule has 2 aromatic carbocycles. The zero-order chi connectivity index (χ0) is 15.9. The average molecular weight is 334 g/mol. The van der Waals surface area contributed by atoms with E-state index in [1.54, 1.807) is -0.612 Å². The van der Waals surface area contributed by atoms with Crippen molar-refractivity contribution >= 4 is 69.7 Å². The second-order valence-electron chi connectivity index (χ2n) is 6.95. The molecule has 0 aliphatic carbocycles. The van der Waals surface area contributed by atoms with Gasteiger partial charge in [0.25, 0.3) is 0 Å². The summed E-state index contributed by atoms with van der Waals surface area (Å²) in [6.07, 6.45) is 0. The summed E-state index contributed by atoms with van der Waals surface area (Å²) in [7, 11) is 1.21. The Balaban J connectivity index is 2.35. The van der Waals surface area contributed by atoms with E-state index < -0.39 is 46.0 Å². The van der Waals surface area contributed by atoms with Crippen LogP contribution in [0.4, 0.5) is 0 Å². The van der Waals surface area contributed by atoms with Crippen LogP contribution in [0.2, 0.25) is 0 Å². The molecule has 0 unspecified atom stereocenters. The number of fused-ring (bicyclic) bond motifs is 2. The molecule has 0 bridgehead atoms. The maximum absolute atomic E-state index is 13.1. The van der Waals surface area contributed by atoms with Crippen LogP contribution in [-0.4, -0.2) is 45.4 Å². The van der Waals surface area contributed by atoms with Crippen molar-refractivity contribution in [2.24, 2.45) is 5.92 Å². The Morgan fingerprint density at radius 1 is 1.00 bits per heavy atom. The van der Waals surface area contributed by atoms with Gasteiger partial charge >= 0.3 is 161 Å². The van der Waals surface area contributed by atoms with E-state index in [-0.39, 0.29) is 5.43 Å². The molecule has 0 aromatic heterocycles. The van der Waals surface area contributed by atoms with Gasteiger partial charge in [0.15, 0.2) is 0 Å². The van der Waals surface area contributed by atoms with Crippen molar-refractivity contribution < 1.29 is 0 Å². The Hall–Kier alpha value is 0.0464. The molecule has 0 saturated carbocycles. The second-order valence-corrected chi connectivity index (χ2v) is 13.1. The van der Waals surface area contributed by atoms with Crippen LogP contribution >= 0.6 is 8.20 Å². The van der Waals surface area contributed by atoms with Gasteiger partial charge in [-0.2, -0.15) is 0 Å². The minimum atomic E-state index is -1.07. The summed E-state index contributed by atoms with van der Waals surface area (Å²) in [4.78, 5) is 13.1. The zero-order valence-corrected chi connectivity index (χ0v) is 18.0. The van der Waals surface area contributed by atoms with Crippen LogP contribution in [0.5, 0.6) is 0 Å². The molecule has 1 aliphatic heterocycles. The van der Waals surface area contributed by atoms with Gasteiger partial charge in [0, 0.05) is 0 Å². The first kappa shape index (κ1) is 16.9. The molecule has 3 heteroatoms. The van der Waals surface area contributed by atoms with Gasteiger partial charge in [0.1, 0.15) is 0 Å². The van der Waals surface area contributed by atoms with E-state index >= 15 is 0 Å². The summed E-state index contributed by atoms with van der Waals surface area (Å²) in [6, 6.07) is 10.6. The van der Waals surface area contributed by atoms with E-state index in [4.69, 9.17) is 0 Å². The van der Waals surface area contributed by atoms with Crippen LogP contribution in [-0.2, 0) is 0 Å². The first-order valence-electron chi connectivity index (χ1n) is 8.30. The van der Waals surface area contributed by atoms with Crippen LogP contribution in [0.1, 0.15) is 44.7 Å². The molecular weight excluding hydrogens is 314 g/mol. The summed E-state index contributed by atoms with van der Waals surface area (Å²) in [5, 5.41) is 2.95. The van der Waals surface area contributed by atoms with Crippen molar-refractivity contribution in [1.29, 1.82) is 0 Å². The SMILES string of the molecule is CC(C)[C]1=Pc2c(ccc3ccc(C(C)C)cc3c2=O)[CH]=[K]1. The van der Waals surface area contributed by atoms with Gasteiger partial charge < -0.3 is 0 Å². The molecule has 3 rings (SSSR count). The van der Waals surface area contributed by atoms with E-state index in [1.807, 2.05) is 0 Å². The molecule has 0 saturated heterocycles. The average Bonchev–Trinajstić information content (AvgIpc) is 2.64. The van der Waals surface area contributed by atoms with Gasteiger partial charge in [0.05, 0.1) is 0 Å². The van der Waals surface area contributed by atoms with Crippen LogP contribution in [0, 0.1) is 5.92 Å².